The van der Waals surface area contributed by atoms with Crippen molar-refractivity contribution in [2.75, 3.05) is 12.0 Å². The van der Waals surface area contributed by atoms with Gasteiger partial charge in [0.15, 0.2) is 0 Å². The van der Waals surface area contributed by atoms with Gasteiger partial charge in [-0.05, 0) is 59.4 Å². The summed E-state index contributed by atoms with van der Waals surface area (Å²) in [6.45, 7) is 0. The van der Waals surface area contributed by atoms with E-state index in [0.29, 0.717) is 0 Å². The van der Waals surface area contributed by atoms with E-state index in [9.17, 15) is 0 Å². The van der Waals surface area contributed by atoms with Gasteiger partial charge in [-0.2, -0.15) is 0 Å². The average molecular weight is 536 g/mol. The molecule has 0 saturated carbocycles. The van der Waals surface area contributed by atoms with Crippen LogP contribution in [0.15, 0.2) is 163 Å². The molecule has 0 aliphatic heterocycles. The van der Waals surface area contributed by atoms with E-state index in [-0.39, 0.29) is 6.04 Å². The highest BCUT2D eigenvalue weighted by atomic mass is 16.5. The Kier molecular flexibility index (Phi) is 9.83. The number of nitrogens with zero attached hydrogens (tertiary/aromatic N) is 1. The first-order valence-corrected chi connectivity index (χ1v) is 14.3. The van der Waals surface area contributed by atoms with E-state index in [1.807, 2.05) is 12.1 Å². The maximum atomic E-state index is 5.50. The number of allylic oxidation sites excluding steroid dienone is 11. The summed E-state index contributed by atoms with van der Waals surface area (Å²) in [5, 5.41) is 0. The SMILES string of the molecule is COC1=CC=C(N(c2ccc(/C=C/C=C/c3ccccc3)cc2)C2C=CC(/C=C/C=C/c3ccccc3)=CC2)CC1. The average Bonchev–Trinajstić information content (AvgIpc) is 3.04. The van der Waals surface area contributed by atoms with Gasteiger partial charge in [0.25, 0.3) is 0 Å². The van der Waals surface area contributed by atoms with Crippen LogP contribution in [0.4, 0.5) is 5.69 Å². The Hall–Kier alpha value is -4.82. The molecule has 2 aliphatic carbocycles. The van der Waals surface area contributed by atoms with Gasteiger partial charge in [0.1, 0.15) is 0 Å². The predicted octanol–water partition coefficient (Wildman–Crippen LogP) is 9.95. The van der Waals surface area contributed by atoms with Gasteiger partial charge in [-0.1, -0.05) is 140 Å². The zero-order valence-corrected chi connectivity index (χ0v) is 23.6. The van der Waals surface area contributed by atoms with Crippen LogP contribution in [0, 0.1) is 0 Å². The smallest absolute Gasteiger partial charge is 0.0959 e. The Bertz CT molecular complexity index is 1510. The Balaban J connectivity index is 1.28. The quantitative estimate of drug-likeness (QED) is 0.240. The molecule has 2 aliphatic rings. The number of methoxy groups -OCH3 is 1. The molecule has 0 aromatic heterocycles. The molecule has 0 amide bonds. The van der Waals surface area contributed by atoms with E-state index in [4.69, 9.17) is 4.74 Å². The lowest BCUT2D eigenvalue weighted by atomic mass is 9.97. The van der Waals surface area contributed by atoms with Gasteiger partial charge in [0, 0.05) is 17.8 Å². The number of anilines is 1. The van der Waals surface area contributed by atoms with Gasteiger partial charge < -0.3 is 9.64 Å². The lowest BCUT2D eigenvalue weighted by Gasteiger charge is -2.36. The first-order chi connectivity index (χ1) is 20.3. The van der Waals surface area contributed by atoms with Crippen molar-refractivity contribution in [2.45, 2.75) is 25.3 Å². The van der Waals surface area contributed by atoms with Gasteiger partial charge in [-0.25, -0.2) is 0 Å². The van der Waals surface area contributed by atoms with Crippen LogP contribution in [0.3, 0.4) is 0 Å². The molecule has 0 fully saturated rings. The molecule has 0 N–H and O–H groups in total. The minimum atomic E-state index is 0.256. The molecule has 204 valence electrons. The van der Waals surface area contributed by atoms with Crippen molar-refractivity contribution < 1.29 is 4.74 Å². The summed E-state index contributed by atoms with van der Waals surface area (Å²) in [5.41, 5.74) is 7.34. The summed E-state index contributed by atoms with van der Waals surface area (Å²) >= 11 is 0. The fourth-order valence-corrected chi connectivity index (χ4v) is 5.03. The van der Waals surface area contributed by atoms with Crippen LogP contribution in [-0.4, -0.2) is 13.2 Å². The predicted molar refractivity (Wildman–Crippen MR) is 176 cm³/mol. The van der Waals surface area contributed by atoms with Gasteiger partial charge in [0.2, 0.25) is 0 Å². The van der Waals surface area contributed by atoms with Gasteiger partial charge in [-0.3, -0.25) is 0 Å². The summed E-state index contributed by atoms with van der Waals surface area (Å²) in [6.07, 6.45) is 31.0. The molecule has 0 bridgehead atoms. The molecule has 3 aromatic carbocycles. The van der Waals surface area contributed by atoms with Crippen LogP contribution in [0.2, 0.25) is 0 Å². The zero-order valence-electron chi connectivity index (χ0n) is 23.6. The highest BCUT2D eigenvalue weighted by Gasteiger charge is 2.23. The van der Waals surface area contributed by atoms with Crippen molar-refractivity contribution in [2.24, 2.45) is 0 Å². The molecular weight excluding hydrogens is 498 g/mol. The lowest BCUT2D eigenvalue weighted by molar-refractivity contribution is 0.275. The standard InChI is InChI=1S/C39H37NO/c1-41-39-30-28-38(29-31-39)40(36-24-20-34(21-25-36)18-10-8-16-32-12-4-2-5-13-32)37-26-22-35(23-27-37)19-11-9-17-33-14-6-3-7-15-33/h2-26,28,30,37H,27,29,31H2,1H3/b16-8+,17-9+,18-10+,19-11+. The second kappa shape index (κ2) is 14.5. The fourth-order valence-electron chi connectivity index (χ4n) is 5.03. The topological polar surface area (TPSA) is 12.5 Å². The molecule has 41 heavy (non-hydrogen) atoms. The summed E-state index contributed by atoms with van der Waals surface area (Å²) in [7, 11) is 1.75. The summed E-state index contributed by atoms with van der Waals surface area (Å²) < 4.78 is 5.50. The van der Waals surface area contributed by atoms with Crippen molar-refractivity contribution in [3.8, 4) is 0 Å². The second-order valence-electron chi connectivity index (χ2n) is 10.1. The van der Waals surface area contributed by atoms with Crippen molar-refractivity contribution in [1.29, 1.82) is 0 Å². The Morgan fingerprint density at radius 1 is 0.659 bits per heavy atom. The van der Waals surface area contributed by atoms with Crippen LogP contribution in [0.25, 0.3) is 18.2 Å². The molecule has 0 heterocycles. The van der Waals surface area contributed by atoms with Crippen molar-refractivity contribution in [3.05, 3.63) is 179 Å². The third-order valence-electron chi connectivity index (χ3n) is 7.25. The molecule has 1 atom stereocenters. The van der Waals surface area contributed by atoms with Crippen molar-refractivity contribution in [1.82, 2.24) is 0 Å². The highest BCUT2D eigenvalue weighted by molar-refractivity contribution is 5.62. The Morgan fingerprint density at radius 3 is 1.76 bits per heavy atom. The molecule has 3 aromatic rings. The normalized spacial score (nSPS) is 17.3. The monoisotopic (exact) mass is 535 g/mol. The van der Waals surface area contributed by atoms with E-state index in [1.165, 1.54) is 33.6 Å². The van der Waals surface area contributed by atoms with Crippen molar-refractivity contribution >= 4 is 23.9 Å². The maximum Gasteiger partial charge on any atom is 0.0959 e. The first kappa shape index (κ1) is 27.7. The van der Waals surface area contributed by atoms with Crippen LogP contribution in [-0.2, 0) is 4.74 Å². The number of rotatable bonds is 10. The molecule has 0 saturated heterocycles. The van der Waals surface area contributed by atoms with Crippen LogP contribution in [0.1, 0.15) is 36.0 Å². The Morgan fingerprint density at radius 2 is 1.24 bits per heavy atom. The van der Waals surface area contributed by atoms with Gasteiger partial charge in [-0.15, -0.1) is 0 Å². The third-order valence-corrected chi connectivity index (χ3v) is 7.25. The fraction of sp³-hybridized carbons (Fsp3) is 0.128. The van der Waals surface area contributed by atoms with E-state index in [0.717, 1.165) is 25.0 Å². The summed E-state index contributed by atoms with van der Waals surface area (Å²) in [6, 6.07) is 29.9. The molecule has 0 radical (unpaired) electrons. The molecule has 0 spiro atoms. The van der Waals surface area contributed by atoms with E-state index < -0.39 is 0 Å². The van der Waals surface area contributed by atoms with Gasteiger partial charge >= 0.3 is 0 Å². The first-order valence-electron chi connectivity index (χ1n) is 14.3. The van der Waals surface area contributed by atoms with Crippen LogP contribution < -0.4 is 4.90 Å². The van der Waals surface area contributed by atoms with E-state index >= 15 is 0 Å². The largest absolute Gasteiger partial charge is 0.501 e. The van der Waals surface area contributed by atoms with Gasteiger partial charge in [0.05, 0.1) is 18.9 Å². The number of ether oxygens (including phenoxy) is 1. The van der Waals surface area contributed by atoms with E-state index in [2.05, 4.69) is 157 Å². The lowest BCUT2D eigenvalue weighted by Crippen LogP contribution is -2.34. The number of benzene rings is 3. The molecule has 2 nitrogen and oxygen atoms in total. The number of hydrogen-bond donors (Lipinski definition) is 0. The second-order valence-corrected chi connectivity index (χ2v) is 10.1. The molecule has 5 rings (SSSR count). The minimum absolute atomic E-state index is 0.256. The molecule has 1 unspecified atom stereocenters. The Labute approximate surface area is 245 Å². The van der Waals surface area contributed by atoms with Crippen LogP contribution in [0.5, 0.6) is 0 Å². The van der Waals surface area contributed by atoms with Crippen LogP contribution >= 0.6 is 0 Å². The number of hydrogen-bond acceptors (Lipinski definition) is 2. The van der Waals surface area contributed by atoms with E-state index in [1.54, 1.807) is 7.11 Å². The third kappa shape index (κ3) is 8.09. The molecule has 2 heteroatoms. The maximum absolute atomic E-state index is 5.50. The minimum Gasteiger partial charge on any atom is -0.501 e. The summed E-state index contributed by atoms with van der Waals surface area (Å²) in [5.74, 6) is 1.04. The molecular formula is C39H37NO. The van der Waals surface area contributed by atoms with Crippen molar-refractivity contribution in [3.63, 3.8) is 0 Å². The summed E-state index contributed by atoms with van der Waals surface area (Å²) in [4.78, 5) is 2.48. The highest BCUT2D eigenvalue weighted by Crippen LogP contribution is 2.32. The zero-order chi connectivity index (χ0) is 28.1.